The number of ether oxygens (including phenoxy) is 1. The number of nitrogens with zero attached hydrogens (tertiary/aromatic N) is 3. The number of aromatic amines is 1. The molecule has 2 saturated heterocycles. The van der Waals surface area contributed by atoms with Crippen LogP contribution in [0.1, 0.15) is 145 Å². The first-order chi connectivity index (χ1) is 56.0. The number of para-hydroxylation sites is 1. The molecule has 0 bridgehead atoms. The zero-order chi connectivity index (χ0) is 90.0. The molecule has 0 radical (unpaired) electrons. The van der Waals surface area contributed by atoms with Crippen LogP contribution in [0.5, 0.6) is 0 Å². The number of likely N-dealkylation sites (tertiary alicyclic amines) is 1. The van der Waals surface area contributed by atoms with E-state index < -0.39 is 263 Å². The van der Waals surface area contributed by atoms with Crippen LogP contribution in [0.3, 0.4) is 0 Å². The third-order valence-corrected chi connectivity index (χ3v) is 20.6. The molecular formula is C77H116N20O22S. The molecule has 662 valence electrons. The van der Waals surface area contributed by atoms with Gasteiger partial charge in [0.05, 0.1) is 6.10 Å². The summed E-state index contributed by atoms with van der Waals surface area (Å²) in [6, 6.07) is -6.32. The van der Waals surface area contributed by atoms with Gasteiger partial charge >= 0.3 is 5.97 Å². The molecule has 5 rings (SSSR count). The highest BCUT2D eigenvalue weighted by atomic mass is 32.2. The molecule has 23 N–H and O–H groups in total. The van der Waals surface area contributed by atoms with Gasteiger partial charge in [-0.2, -0.15) is 8.42 Å². The average molecular weight is 1710 g/mol. The second kappa shape index (κ2) is 44.8. The molecule has 16 amide bonds. The van der Waals surface area contributed by atoms with Crippen LogP contribution in [-0.2, 0) is 109 Å². The van der Waals surface area contributed by atoms with Gasteiger partial charge in [0.1, 0.15) is 96.9 Å². The number of esters is 1. The Balaban J connectivity index is 1.55. The van der Waals surface area contributed by atoms with Crippen LogP contribution in [0.4, 0.5) is 0 Å². The average Bonchev–Trinajstić information content (AvgIpc) is 1.55. The molecule has 2 aliphatic heterocycles. The zero-order valence-corrected chi connectivity index (χ0v) is 70.1. The Morgan fingerprint density at radius 1 is 0.675 bits per heavy atom. The quantitative estimate of drug-likeness (QED) is 0.00646. The number of aliphatic hydroxyl groups excluding tert-OH is 1. The Hall–Kier alpha value is -11.9. The number of aliphatic hydroxyl groups is 1. The number of carbonyl (C=O) groups excluding carboxylic acids is 17. The summed E-state index contributed by atoms with van der Waals surface area (Å²) < 4.78 is 42.1. The number of aliphatic imine (C=N–C) groups is 1. The molecule has 0 spiro atoms. The molecule has 43 heteroatoms. The lowest BCUT2D eigenvalue weighted by atomic mass is 9.83. The molecule has 2 fully saturated rings. The third kappa shape index (κ3) is 30.5. The maximum atomic E-state index is 15.4. The van der Waals surface area contributed by atoms with E-state index in [0.29, 0.717) is 39.8 Å². The van der Waals surface area contributed by atoms with Crippen molar-refractivity contribution < 1.29 is 104 Å². The SMILES string of the molecule is CC(C)CC1NC(=O)C(CCC(N)=O)N(C)C(=O)C(NC(=O)C(CS(=O)(=O)O)NC(=O)C(CCCN=C(N)N)NC(=O)C(Cc2c[nH]c3ccccc23)NC(=O)C(NC(=O)C(NC(=O)C2CCCN2C(=O)C(Cc2ccccc2)NC(=O)C(C)NC=O)C(C)(C)C)C(C)(C)C)C(C)OC(=O)CNC(=O)C(CCC(N)=O)NC(=O)C(C(C)O)NC1=O. The van der Waals surface area contributed by atoms with Crippen LogP contribution < -0.4 is 86.7 Å². The van der Waals surface area contributed by atoms with Gasteiger partial charge < -0.3 is 111 Å². The molecule has 2 aliphatic rings. The number of carbonyl (C=O) groups is 17. The first kappa shape index (κ1) is 98.7. The van der Waals surface area contributed by atoms with E-state index in [-0.39, 0.29) is 45.2 Å². The highest BCUT2D eigenvalue weighted by Gasteiger charge is 2.46. The van der Waals surface area contributed by atoms with Crippen molar-refractivity contribution >= 4 is 128 Å². The van der Waals surface area contributed by atoms with Gasteiger partial charge in [-0.1, -0.05) is 104 Å². The fourth-order valence-corrected chi connectivity index (χ4v) is 14.0. The molecule has 0 saturated carbocycles. The summed E-state index contributed by atoms with van der Waals surface area (Å²) in [7, 11) is -4.46. The van der Waals surface area contributed by atoms with Crippen LogP contribution >= 0.6 is 0 Å². The monoisotopic (exact) mass is 1700 g/mol. The van der Waals surface area contributed by atoms with Crippen LogP contribution in [0.2, 0.25) is 0 Å². The Bertz CT molecular complexity index is 4350. The number of nitrogens with two attached hydrogens (primary N) is 4. The molecule has 3 aromatic rings. The topological polar surface area (TPSA) is 657 Å². The van der Waals surface area contributed by atoms with Crippen molar-refractivity contribution in [3.63, 3.8) is 0 Å². The van der Waals surface area contributed by atoms with E-state index in [0.717, 1.165) is 20.9 Å². The fraction of sp³-hybridized carbons (Fsp3) is 0.584. The normalized spacial score (nSPS) is 20.7. The number of hydrogen-bond acceptors (Lipinski definition) is 22. The van der Waals surface area contributed by atoms with Gasteiger partial charge in [-0.15, -0.1) is 0 Å². The van der Waals surface area contributed by atoms with Crippen molar-refractivity contribution in [2.24, 2.45) is 44.7 Å². The lowest BCUT2D eigenvalue weighted by Crippen LogP contribution is -2.64. The van der Waals surface area contributed by atoms with Crippen molar-refractivity contribution in [3.05, 3.63) is 71.9 Å². The van der Waals surface area contributed by atoms with E-state index in [2.05, 4.69) is 73.8 Å². The number of aromatic nitrogens is 1. The summed E-state index contributed by atoms with van der Waals surface area (Å²) in [6.45, 7) is 15.2. The first-order valence-electron chi connectivity index (χ1n) is 39.1. The standard InChI is InChI=1S/C77H116N20O22S/c1-39(2)32-49-66(107)92-58(41(4)99)70(111)87-48(26-28-55(78)100)63(104)84-36-57(102)119-42(5)59(74(115)96(12)53(68(109)88-49)27-29-56(79)101)93-67(108)52(37-120(116,117)118)91-64(105)47(24-18-30-82-75(80)81)86-65(106)50(34-44-35-83-46-23-17-16-22-45(44)46)89-71(112)60(76(6,7)8)95-72(113)61(77(9,10)11)94-69(110)54-25-19-31-97(54)73(114)51(33-43-20-14-13-15-21-43)90-62(103)40(3)85-38-98/h13-17,20-23,35,38-42,47-54,58-61,83,99H,18-19,24-34,36-37H2,1-12H3,(H2,78,100)(H2,79,101)(H,84,104)(H,85,98)(H,86,106)(H,87,111)(H,88,109)(H,89,112)(H,90,103)(H,91,105)(H,92,107)(H,93,108)(H,94,110)(H,95,113)(H4,80,81,82)(H,116,117,118). The summed E-state index contributed by atoms with van der Waals surface area (Å²) in [5.74, 6) is -20.0. The van der Waals surface area contributed by atoms with Crippen molar-refractivity contribution in [1.29, 1.82) is 0 Å². The Kier molecular flexibility index (Phi) is 36.8. The van der Waals surface area contributed by atoms with Crippen molar-refractivity contribution in [2.75, 3.05) is 32.4 Å². The number of amides is 16. The summed E-state index contributed by atoms with van der Waals surface area (Å²) >= 11 is 0. The van der Waals surface area contributed by atoms with Crippen LogP contribution in [0.25, 0.3) is 10.9 Å². The molecule has 42 nitrogen and oxygen atoms in total. The maximum Gasteiger partial charge on any atom is 0.325 e. The molecular weight excluding hydrogens is 1590 g/mol. The third-order valence-electron chi connectivity index (χ3n) is 19.9. The maximum absolute atomic E-state index is 15.4. The second-order valence-corrected chi connectivity index (χ2v) is 33.9. The highest BCUT2D eigenvalue weighted by molar-refractivity contribution is 7.85. The molecule has 15 unspecified atom stereocenters. The van der Waals surface area contributed by atoms with Crippen LogP contribution in [-0.4, -0.2) is 263 Å². The van der Waals surface area contributed by atoms with Crippen LogP contribution in [0, 0.1) is 16.7 Å². The summed E-state index contributed by atoms with van der Waals surface area (Å²) in [5.41, 5.74) is 21.4. The first-order valence-corrected chi connectivity index (χ1v) is 40.7. The van der Waals surface area contributed by atoms with Gasteiger partial charge in [-0.05, 0) is 99.7 Å². The number of likely N-dealkylation sites (N-methyl/N-ethyl adjacent to an activating group) is 1. The number of benzene rings is 2. The molecule has 2 aromatic carbocycles. The van der Waals surface area contributed by atoms with E-state index in [1.54, 1.807) is 116 Å². The van der Waals surface area contributed by atoms with Gasteiger partial charge in [0.2, 0.25) is 95.0 Å². The number of cyclic esters (lactones) is 1. The van der Waals surface area contributed by atoms with E-state index in [9.17, 15) is 80.4 Å². The van der Waals surface area contributed by atoms with Crippen LogP contribution in [0.15, 0.2) is 65.8 Å². The number of primary amides is 2. The van der Waals surface area contributed by atoms with Gasteiger partial charge in [0, 0.05) is 62.9 Å². The Labute approximate surface area is 694 Å². The van der Waals surface area contributed by atoms with Gasteiger partial charge in [-0.3, -0.25) is 91.1 Å². The minimum atomic E-state index is -5.43. The Morgan fingerprint density at radius 3 is 1.85 bits per heavy atom. The smallest absolute Gasteiger partial charge is 0.325 e. The van der Waals surface area contributed by atoms with E-state index in [4.69, 9.17) is 27.7 Å². The molecule has 120 heavy (non-hydrogen) atoms. The van der Waals surface area contributed by atoms with E-state index in [1.807, 2.05) is 0 Å². The van der Waals surface area contributed by atoms with Crippen molar-refractivity contribution in [3.8, 4) is 0 Å². The highest BCUT2D eigenvalue weighted by Crippen LogP contribution is 2.28. The summed E-state index contributed by atoms with van der Waals surface area (Å²) in [4.78, 5) is 248. The minimum Gasteiger partial charge on any atom is -0.459 e. The number of rotatable bonds is 36. The predicted molar refractivity (Wildman–Crippen MR) is 433 cm³/mol. The largest absolute Gasteiger partial charge is 0.459 e. The molecule has 3 heterocycles. The number of fused-ring (bicyclic) bond motifs is 1. The lowest BCUT2D eigenvalue weighted by molar-refractivity contribution is -0.155. The molecule has 15 atom stereocenters. The Morgan fingerprint density at radius 2 is 1.25 bits per heavy atom. The van der Waals surface area contributed by atoms with E-state index in [1.165, 1.54) is 11.8 Å². The van der Waals surface area contributed by atoms with Gasteiger partial charge in [0.25, 0.3) is 10.1 Å². The summed E-state index contributed by atoms with van der Waals surface area (Å²) in [5, 5.41) is 40.9. The van der Waals surface area contributed by atoms with Crippen molar-refractivity contribution in [1.82, 2.24) is 78.6 Å². The fourth-order valence-electron chi connectivity index (χ4n) is 13.4. The molecule has 1 aromatic heterocycles. The lowest BCUT2D eigenvalue weighted by Gasteiger charge is -2.37. The number of nitrogens with one attached hydrogen (secondary N) is 13. The number of hydrogen-bond donors (Lipinski definition) is 19. The van der Waals surface area contributed by atoms with Gasteiger partial charge in [0.15, 0.2) is 5.96 Å². The summed E-state index contributed by atoms with van der Waals surface area (Å²) in [6.07, 6.45) is -4.83. The van der Waals surface area contributed by atoms with Gasteiger partial charge in [-0.25, -0.2) is 0 Å². The number of H-pyrrole nitrogens is 1. The molecule has 0 aliphatic carbocycles. The number of guanidine groups is 1. The van der Waals surface area contributed by atoms with E-state index >= 15 is 19.2 Å². The second-order valence-electron chi connectivity index (χ2n) is 32.4. The predicted octanol–water partition coefficient (Wildman–Crippen LogP) is -5.19. The van der Waals surface area contributed by atoms with Crippen molar-refractivity contribution in [2.45, 2.75) is 238 Å². The zero-order valence-electron chi connectivity index (χ0n) is 69.3. The minimum absolute atomic E-state index is 0.00634.